The van der Waals surface area contributed by atoms with Gasteiger partial charge in [-0.2, -0.15) is 0 Å². The monoisotopic (exact) mass is 237 g/mol. The molecule has 0 aromatic heterocycles. The first-order valence-corrected chi connectivity index (χ1v) is 5.73. The maximum Gasteiger partial charge on any atom is 0.155 e. The summed E-state index contributed by atoms with van der Waals surface area (Å²) in [4.78, 5) is 21.8. The van der Waals surface area contributed by atoms with Crippen molar-refractivity contribution in [2.45, 2.75) is 38.8 Å². The second-order valence-electron chi connectivity index (χ2n) is 4.35. The van der Waals surface area contributed by atoms with E-state index in [0.717, 1.165) is 12.0 Å². The highest BCUT2D eigenvalue weighted by Gasteiger charge is 2.14. The molecule has 4 nitrogen and oxygen atoms in total. The van der Waals surface area contributed by atoms with Gasteiger partial charge in [0.2, 0.25) is 0 Å². The van der Waals surface area contributed by atoms with Gasteiger partial charge in [-0.05, 0) is 26.7 Å². The van der Waals surface area contributed by atoms with E-state index in [1.54, 1.807) is 0 Å². The molecule has 2 atom stereocenters. The third-order valence-corrected chi connectivity index (χ3v) is 2.62. The number of ketones is 2. The Kier molecular flexibility index (Phi) is 5.25. The molecule has 1 aliphatic carbocycles. The minimum absolute atomic E-state index is 0.00532. The van der Waals surface area contributed by atoms with Crippen molar-refractivity contribution < 1.29 is 14.3 Å². The van der Waals surface area contributed by atoms with Gasteiger partial charge in [0.25, 0.3) is 0 Å². The first-order valence-electron chi connectivity index (χ1n) is 5.73. The molecule has 1 rings (SSSR count). The normalized spacial score (nSPS) is 20.9. The highest BCUT2D eigenvalue weighted by atomic mass is 16.5. The minimum Gasteiger partial charge on any atom is -0.366 e. The molecule has 0 heterocycles. The van der Waals surface area contributed by atoms with Crippen LogP contribution in [0.2, 0.25) is 0 Å². The SMILES string of the molecule is CC(=O)COC1C=CC(CC(N)C(C)=O)=CC1. The van der Waals surface area contributed by atoms with Gasteiger partial charge in [0, 0.05) is 0 Å². The van der Waals surface area contributed by atoms with Gasteiger partial charge in [-0.3, -0.25) is 9.59 Å². The lowest BCUT2D eigenvalue weighted by molar-refractivity contribution is -0.122. The zero-order valence-corrected chi connectivity index (χ0v) is 10.3. The van der Waals surface area contributed by atoms with Crippen LogP contribution in [-0.4, -0.2) is 30.3 Å². The molecule has 2 unspecified atom stereocenters. The zero-order valence-electron chi connectivity index (χ0n) is 10.3. The molecule has 94 valence electrons. The second-order valence-corrected chi connectivity index (χ2v) is 4.35. The van der Waals surface area contributed by atoms with Gasteiger partial charge in [0.15, 0.2) is 5.78 Å². The van der Waals surface area contributed by atoms with Gasteiger partial charge in [-0.25, -0.2) is 0 Å². The van der Waals surface area contributed by atoms with E-state index in [9.17, 15) is 9.59 Å². The lowest BCUT2D eigenvalue weighted by Crippen LogP contribution is -2.28. The first-order chi connectivity index (χ1) is 7.99. The summed E-state index contributed by atoms with van der Waals surface area (Å²) in [6.07, 6.45) is 7.07. The van der Waals surface area contributed by atoms with Gasteiger partial charge in [0.1, 0.15) is 12.4 Å². The van der Waals surface area contributed by atoms with Gasteiger partial charge in [0.05, 0.1) is 12.1 Å². The third-order valence-electron chi connectivity index (χ3n) is 2.62. The smallest absolute Gasteiger partial charge is 0.155 e. The topological polar surface area (TPSA) is 69.4 Å². The van der Waals surface area contributed by atoms with Crippen LogP contribution in [0, 0.1) is 0 Å². The molecule has 0 saturated heterocycles. The fourth-order valence-corrected chi connectivity index (χ4v) is 1.54. The van der Waals surface area contributed by atoms with Crippen molar-refractivity contribution in [1.29, 1.82) is 0 Å². The molecule has 4 heteroatoms. The van der Waals surface area contributed by atoms with Crippen molar-refractivity contribution in [2.75, 3.05) is 6.61 Å². The highest BCUT2D eigenvalue weighted by Crippen LogP contribution is 2.17. The van der Waals surface area contributed by atoms with Crippen molar-refractivity contribution in [1.82, 2.24) is 0 Å². The van der Waals surface area contributed by atoms with E-state index >= 15 is 0 Å². The molecule has 0 aromatic rings. The highest BCUT2D eigenvalue weighted by molar-refractivity contribution is 5.81. The van der Waals surface area contributed by atoms with Gasteiger partial charge >= 0.3 is 0 Å². The van der Waals surface area contributed by atoms with E-state index in [0.29, 0.717) is 6.42 Å². The van der Waals surface area contributed by atoms with E-state index in [2.05, 4.69) is 0 Å². The van der Waals surface area contributed by atoms with E-state index in [4.69, 9.17) is 10.5 Å². The predicted molar refractivity (Wildman–Crippen MR) is 65.5 cm³/mol. The molecule has 0 bridgehead atoms. The van der Waals surface area contributed by atoms with E-state index in [1.165, 1.54) is 13.8 Å². The summed E-state index contributed by atoms with van der Waals surface area (Å²) < 4.78 is 5.37. The first kappa shape index (κ1) is 13.8. The lowest BCUT2D eigenvalue weighted by Gasteiger charge is -2.17. The van der Waals surface area contributed by atoms with Crippen molar-refractivity contribution >= 4 is 11.6 Å². The summed E-state index contributed by atoms with van der Waals surface area (Å²) in [5, 5.41) is 0. The summed E-state index contributed by atoms with van der Waals surface area (Å²) in [5.74, 6) is 0.0148. The van der Waals surface area contributed by atoms with Crippen LogP contribution in [0.15, 0.2) is 23.8 Å². The summed E-state index contributed by atoms with van der Waals surface area (Å²) in [7, 11) is 0. The Morgan fingerprint density at radius 1 is 1.53 bits per heavy atom. The maximum absolute atomic E-state index is 11.0. The van der Waals surface area contributed by atoms with E-state index in [-0.39, 0.29) is 24.3 Å². The number of carbonyl (C=O) groups is 2. The molecule has 0 radical (unpaired) electrons. The summed E-state index contributed by atoms with van der Waals surface area (Å²) >= 11 is 0. The maximum atomic E-state index is 11.0. The number of ether oxygens (including phenoxy) is 1. The Labute approximate surface area is 102 Å². The Balaban J connectivity index is 2.38. The Hall–Kier alpha value is -1.26. The van der Waals surface area contributed by atoms with Crippen LogP contribution >= 0.6 is 0 Å². The zero-order chi connectivity index (χ0) is 12.8. The lowest BCUT2D eigenvalue weighted by atomic mass is 9.98. The number of hydrogen-bond donors (Lipinski definition) is 1. The number of nitrogens with two attached hydrogens (primary N) is 1. The molecule has 0 amide bonds. The molecular formula is C13H19NO3. The molecule has 0 aliphatic heterocycles. The largest absolute Gasteiger partial charge is 0.366 e. The number of rotatable bonds is 6. The second kappa shape index (κ2) is 6.47. The van der Waals surface area contributed by atoms with Crippen molar-refractivity contribution in [3.05, 3.63) is 23.8 Å². The van der Waals surface area contributed by atoms with Crippen molar-refractivity contribution in [2.24, 2.45) is 5.73 Å². The molecule has 0 spiro atoms. The molecular weight excluding hydrogens is 218 g/mol. The van der Waals surface area contributed by atoms with Gasteiger partial charge < -0.3 is 10.5 Å². The molecule has 0 aromatic carbocycles. The van der Waals surface area contributed by atoms with E-state index < -0.39 is 6.04 Å². The van der Waals surface area contributed by atoms with Crippen LogP contribution in [0.5, 0.6) is 0 Å². The van der Waals surface area contributed by atoms with Crippen LogP contribution in [0.1, 0.15) is 26.7 Å². The molecule has 17 heavy (non-hydrogen) atoms. The minimum atomic E-state index is -0.430. The Bertz CT molecular complexity index is 358. The summed E-state index contributed by atoms with van der Waals surface area (Å²) in [6, 6.07) is -0.430. The van der Waals surface area contributed by atoms with Crippen LogP contribution in [0.3, 0.4) is 0 Å². The molecule has 1 aliphatic rings. The van der Waals surface area contributed by atoms with Crippen LogP contribution in [0.25, 0.3) is 0 Å². The third kappa shape index (κ3) is 5.06. The predicted octanol–water partition coefficient (Wildman–Crippen LogP) is 1.15. The molecule has 0 fully saturated rings. The number of Topliss-reactive ketones (excluding diaryl/α,β-unsaturated/α-hetero) is 2. The van der Waals surface area contributed by atoms with Crippen LogP contribution in [-0.2, 0) is 14.3 Å². The van der Waals surface area contributed by atoms with E-state index in [1.807, 2.05) is 18.2 Å². The van der Waals surface area contributed by atoms with Crippen LogP contribution in [0.4, 0.5) is 0 Å². The quantitative estimate of drug-likeness (QED) is 0.752. The number of allylic oxidation sites excluding steroid dienone is 1. The molecule has 0 saturated carbocycles. The summed E-state index contributed by atoms with van der Waals surface area (Å²) in [6.45, 7) is 3.14. The number of hydrogen-bond acceptors (Lipinski definition) is 4. The average molecular weight is 237 g/mol. The fraction of sp³-hybridized carbons (Fsp3) is 0.538. The molecule has 2 N–H and O–H groups in total. The van der Waals surface area contributed by atoms with Crippen LogP contribution < -0.4 is 5.73 Å². The average Bonchev–Trinajstić information content (AvgIpc) is 2.28. The van der Waals surface area contributed by atoms with Crippen molar-refractivity contribution in [3.8, 4) is 0 Å². The summed E-state index contributed by atoms with van der Waals surface area (Å²) in [5.41, 5.74) is 6.73. The standard InChI is InChI=1S/C13H19NO3/c1-9(15)8-17-12-5-3-11(4-6-12)7-13(14)10(2)16/h3-5,12-13H,6-8,14H2,1-2H3. The fourth-order valence-electron chi connectivity index (χ4n) is 1.54. The van der Waals surface area contributed by atoms with Gasteiger partial charge in [-0.1, -0.05) is 23.8 Å². The Morgan fingerprint density at radius 3 is 2.71 bits per heavy atom. The van der Waals surface area contributed by atoms with Crippen molar-refractivity contribution in [3.63, 3.8) is 0 Å². The Morgan fingerprint density at radius 2 is 2.24 bits per heavy atom. The number of carbonyl (C=O) groups excluding carboxylic acids is 2. The van der Waals surface area contributed by atoms with Gasteiger partial charge in [-0.15, -0.1) is 0 Å².